The summed E-state index contributed by atoms with van der Waals surface area (Å²) < 4.78 is 1.76. The lowest BCUT2D eigenvalue weighted by Gasteiger charge is -2.09. The van der Waals surface area contributed by atoms with Gasteiger partial charge in [-0.25, -0.2) is 0 Å². The van der Waals surface area contributed by atoms with Gasteiger partial charge < -0.3 is 15.2 Å². The third-order valence-electron chi connectivity index (χ3n) is 3.10. The Kier molecular flexibility index (Phi) is 4.53. The minimum atomic E-state index is -0.288. The van der Waals surface area contributed by atoms with Gasteiger partial charge in [-0.1, -0.05) is 17.7 Å². The molecule has 0 aliphatic rings. The van der Waals surface area contributed by atoms with Gasteiger partial charge in [-0.15, -0.1) is 0 Å². The number of carbonyl (C=O) groups is 2. The van der Waals surface area contributed by atoms with E-state index in [0.717, 1.165) is 10.9 Å². The molecule has 2 aromatic rings. The van der Waals surface area contributed by atoms with Crippen LogP contribution in [0.2, 0.25) is 5.02 Å². The molecule has 0 bridgehead atoms. The van der Waals surface area contributed by atoms with Gasteiger partial charge in [0, 0.05) is 29.0 Å². The van der Waals surface area contributed by atoms with Crippen molar-refractivity contribution in [2.75, 3.05) is 6.54 Å². The average Bonchev–Trinajstić information content (AvgIpc) is 2.73. The molecule has 5 nitrogen and oxygen atoms in total. The standard InChI is InChI=1S/C15H18ClN3O2/c1-9(2)18-14(20)8-17-15(21)13-6-10-4-5-11(16)7-12(10)19(13)3/h4-7,9H,8H2,1-3H3,(H,17,21)(H,18,20). The maximum atomic E-state index is 12.2. The predicted octanol–water partition coefficient (Wildman–Crippen LogP) is 2.09. The van der Waals surface area contributed by atoms with Gasteiger partial charge in [-0.2, -0.15) is 0 Å². The number of benzene rings is 1. The van der Waals surface area contributed by atoms with Gasteiger partial charge in [0.2, 0.25) is 5.91 Å². The van der Waals surface area contributed by atoms with Crippen molar-refractivity contribution in [3.05, 3.63) is 35.0 Å². The third kappa shape index (κ3) is 3.55. The van der Waals surface area contributed by atoms with E-state index in [1.807, 2.05) is 19.9 Å². The number of nitrogens with zero attached hydrogens (tertiary/aromatic N) is 1. The molecule has 6 heteroatoms. The average molecular weight is 308 g/mol. The Hall–Kier alpha value is -2.01. The van der Waals surface area contributed by atoms with Gasteiger partial charge in [-0.3, -0.25) is 9.59 Å². The second-order valence-corrected chi connectivity index (χ2v) is 5.63. The highest BCUT2D eigenvalue weighted by molar-refractivity contribution is 6.31. The summed E-state index contributed by atoms with van der Waals surface area (Å²) in [6.45, 7) is 3.69. The van der Waals surface area contributed by atoms with Crippen LogP contribution in [0.3, 0.4) is 0 Å². The summed E-state index contributed by atoms with van der Waals surface area (Å²) in [4.78, 5) is 23.7. The molecule has 0 aliphatic carbocycles. The molecule has 0 unspecified atom stereocenters. The summed E-state index contributed by atoms with van der Waals surface area (Å²) in [5.74, 6) is -0.496. The molecule has 0 radical (unpaired) electrons. The summed E-state index contributed by atoms with van der Waals surface area (Å²) in [7, 11) is 1.79. The molecule has 112 valence electrons. The molecule has 0 spiro atoms. The van der Waals surface area contributed by atoms with E-state index in [1.54, 1.807) is 29.8 Å². The highest BCUT2D eigenvalue weighted by Crippen LogP contribution is 2.22. The number of aryl methyl sites for hydroxylation is 1. The van der Waals surface area contributed by atoms with Crippen LogP contribution < -0.4 is 10.6 Å². The SMILES string of the molecule is CC(C)NC(=O)CNC(=O)c1cc2ccc(Cl)cc2n1C. The van der Waals surface area contributed by atoms with Crippen molar-refractivity contribution in [1.82, 2.24) is 15.2 Å². The molecule has 21 heavy (non-hydrogen) atoms. The molecular weight excluding hydrogens is 290 g/mol. The van der Waals surface area contributed by atoms with E-state index in [9.17, 15) is 9.59 Å². The largest absolute Gasteiger partial charge is 0.352 e. The number of hydrogen-bond acceptors (Lipinski definition) is 2. The first-order chi connectivity index (χ1) is 9.88. The van der Waals surface area contributed by atoms with Crippen molar-refractivity contribution in [2.24, 2.45) is 7.05 Å². The molecule has 1 aromatic heterocycles. The zero-order valence-electron chi connectivity index (χ0n) is 12.2. The van der Waals surface area contributed by atoms with E-state index in [2.05, 4.69) is 10.6 Å². The fourth-order valence-electron chi connectivity index (χ4n) is 2.15. The number of aromatic nitrogens is 1. The van der Waals surface area contributed by atoms with Crippen LogP contribution in [0.15, 0.2) is 24.3 Å². The first kappa shape index (κ1) is 15.4. The van der Waals surface area contributed by atoms with Gasteiger partial charge in [0.1, 0.15) is 5.69 Å². The van der Waals surface area contributed by atoms with Crippen LogP contribution in [0, 0.1) is 0 Å². The number of fused-ring (bicyclic) bond motifs is 1. The van der Waals surface area contributed by atoms with Crippen LogP contribution in [0.1, 0.15) is 24.3 Å². The van der Waals surface area contributed by atoms with Crippen LogP contribution in [-0.4, -0.2) is 29.0 Å². The van der Waals surface area contributed by atoms with Gasteiger partial charge in [-0.05, 0) is 32.0 Å². The normalized spacial score (nSPS) is 10.9. The fourth-order valence-corrected chi connectivity index (χ4v) is 2.31. The van der Waals surface area contributed by atoms with Crippen molar-refractivity contribution in [2.45, 2.75) is 19.9 Å². The van der Waals surface area contributed by atoms with Crippen LogP contribution in [-0.2, 0) is 11.8 Å². The van der Waals surface area contributed by atoms with E-state index in [0.29, 0.717) is 10.7 Å². The molecule has 0 atom stereocenters. The Balaban J connectivity index is 2.13. The predicted molar refractivity (Wildman–Crippen MR) is 83.5 cm³/mol. The first-order valence-corrected chi connectivity index (χ1v) is 7.09. The molecule has 0 aliphatic heterocycles. The van der Waals surface area contributed by atoms with Crippen molar-refractivity contribution >= 4 is 34.3 Å². The highest BCUT2D eigenvalue weighted by atomic mass is 35.5. The number of nitrogens with one attached hydrogen (secondary N) is 2. The molecule has 1 heterocycles. The van der Waals surface area contributed by atoms with Crippen molar-refractivity contribution < 1.29 is 9.59 Å². The number of hydrogen-bond donors (Lipinski definition) is 2. The molecule has 0 saturated heterocycles. The lowest BCUT2D eigenvalue weighted by Crippen LogP contribution is -2.40. The van der Waals surface area contributed by atoms with Gasteiger partial charge in [0.25, 0.3) is 5.91 Å². The van der Waals surface area contributed by atoms with E-state index >= 15 is 0 Å². The molecule has 2 amide bonds. The Labute approximate surface area is 128 Å². The van der Waals surface area contributed by atoms with Crippen LogP contribution in [0.5, 0.6) is 0 Å². The van der Waals surface area contributed by atoms with E-state index in [1.165, 1.54) is 0 Å². The summed E-state index contributed by atoms with van der Waals surface area (Å²) in [6, 6.07) is 7.27. The highest BCUT2D eigenvalue weighted by Gasteiger charge is 2.14. The number of amides is 2. The lowest BCUT2D eigenvalue weighted by molar-refractivity contribution is -0.120. The van der Waals surface area contributed by atoms with Crippen LogP contribution in [0.4, 0.5) is 0 Å². The molecule has 0 saturated carbocycles. The monoisotopic (exact) mass is 307 g/mol. The Morgan fingerprint density at radius 3 is 2.67 bits per heavy atom. The molecule has 0 fully saturated rings. The molecular formula is C15H18ClN3O2. The molecule has 2 N–H and O–H groups in total. The zero-order valence-corrected chi connectivity index (χ0v) is 13.0. The van der Waals surface area contributed by atoms with Gasteiger partial charge >= 0.3 is 0 Å². The Morgan fingerprint density at radius 1 is 1.29 bits per heavy atom. The summed E-state index contributed by atoms with van der Waals surface area (Å²) in [6.07, 6.45) is 0. The topological polar surface area (TPSA) is 63.1 Å². The smallest absolute Gasteiger partial charge is 0.268 e. The van der Waals surface area contributed by atoms with Gasteiger partial charge in [0.05, 0.1) is 6.54 Å². The van der Waals surface area contributed by atoms with Crippen molar-refractivity contribution in [1.29, 1.82) is 0 Å². The maximum absolute atomic E-state index is 12.2. The summed E-state index contributed by atoms with van der Waals surface area (Å²) in [5.41, 5.74) is 1.36. The maximum Gasteiger partial charge on any atom is 0.268 e. The summed E-state index contributed by atoms with van der Waals surface area (Å²) in [5, 5.41) is 6.88. The number of halogens is 1. The minimum Gasteiger partial charge on any atom is -0.352 e. The number of carbonyl (C=O) groups excluding carboxylic acids is 2. The fraction of sp³-hybridized carbons (Fsp3) is 0.333. The minimum absolute atomic E-state index is 0.0424. The van der Waals surface area contributed by atoms with Crippen LogP contribution in [0.25, 0.3) is 10.9 Å². The number of rotatable bonds is 4. The van der Waals surface area contributed by atoms with Crippen LogP contribution >= 0.6 is 11.6 Å². The Morgan fingerprint density at radius 2 is 2.00 bits per heavy atom. The zero-order chi connectivity index (χ0) is 15.6. The second kappa shape index (κ2) is 6.18. The molecule has 2 rings (SSSR count). The van der Waals surface area contributed by atoms with E-state index in [4.69, 9.17) is 11.6 Å². The quantitative estimate of drug-likeness (QED) is 0.908. The molecule has 1 aromatic carbocycles. The van der Waals surface area contributed by atoms with Crippen molar-refractivity contribution in [3.8, 4) is 0 Å². The van der Waals surface area contributed by atoms with Gasteiger partial charge in [0.15, 0.2) is 0 Å². The van der Waals surface area contributed by atoms with E-state index in [-0.39, 0.29) is 24.4 Å². The second-order valence-electron chi connectivity index (χ2n) is 5.20. The van der Waals surface area contributed by atoms with Crippen molar-refractivity contribution in [3.63, 3.8) is 0 Å². The summed E-state index contributed by atoms with van der Waals surface area (Å²) >= 11 is 5.96. The lowest BCUT2D eigenvalue weighted by atomic mass is 10.2. The Bertz CT molecular complexity index is 692. The third-order valence-corrected chi connectivity index (χ3v) is 3.33. The first-order valence-electron chi connectivity index (χ1n) is 6.71. The van der Waals surface area contributed by atoms with E-state index < -0.39 is 0 Å².